The van der Waals surface area contributed by atoms with Crippen LogP contribution in [-0.2, 0) is 25.9 Å². The van der Waals surface area contributed by atoms with Crippen molar-refractivity contribution in [3.8, 4) is 11.5 Å². The van der Waals surface area contributed by atoms with Crippen molar-refractivity contribution in [2.24, 2.45) is 0 Å². The summed E-state index contributed by atoms with van der Waals surface area (Å²) in [6, 6.07) is 23.5. The Morgan fingerprint density at radius 3 is 1.46 bits per heavy atom. The monoisotopic (exact) mass is 696 g/mol. The van der Waals surface area contributed by atoms with E-state index < -0.39 is 11.5 Å². The average Bonchev–Trinajstić information content (AvgIpc) is 3.74. The Bertz CT molecular complexity index is 1980. The van der Waals surface area contributed by atoms with Gasteiger partial charge in [0.15, 0.2) is 17.3 Å². The first-order valence-electron chi connectivity index (χ1n) is 14.4. The number of carboxylic acids is 1. The fourth-order valence-corrected chi connectivity index (χ4v) is 7.31. The molecule has 13 heteroatoms. The van der Waals surface area contributed by atoms with Crippen molar-refractivity contribution in [2.75, 3.05) is 14.2 Å². The number of carboxylic acid groups (broad SMARTS) is 1. The van der Waals surface area contributed by atoms with Crippen LogP contribution in [0.25, 0.3) is 20.4 Å². The van der Waals surface area contributed by atoms with Crippen LogP contribution in [0.2, 0.25) is 0 Å². The summed E-state index contributed by atoms with van der Waals surface area (Å²) in [5.74, 6) is -1.27. The number of Topliss-reactive ketones (excluding diaryl/α,β-unsaturated/α-hetero) is 1. The molecule has 0 unspecified atom stereocenters. The molecule has 2 aromatic carbocycles. The van der Waals surface area contributed by atoms with Crippen molar-refractivity contribution in [2.45, 2.75) is 32.9 Å². The van der Waals surface area contributed by atoms with Crippen LogP contribution in [0.1, 0.15) is 38.8 Å². The molecule has 10 nitrogen and oxygen atoms in total. The van der Waals surface area contributed by atoms with Crippen molar-refractivity contribution in [1.82, 2.24) is 9.13 Å². The molecular formula is C35H33N2NaO8S2. The largest absolute Gasteiger partial charge is 1.00 e. The third-order valence-electron chi connectivity index (χ3n) is 7.57. The molecule has 0 atom stereocenters. The summed E-state index contributed by atoms with van der Waals surface area (Å²) in [5, 5.41) is 13.1. The summed E-state index contributed by atoms with van der Waals surface area (Å²) < 4.78 is 15.0. The predicted octanol–water partition coefficient (Wildman–Crippen LogP) is 3.36. The summed E-state index contributed by atoms with van der Waals surface area (Å²) in [5.41, 5.74) is 3.38. The summed E-state index contributed by atoms with van der Waals surface area (Å²) in [6.45, 7) is 2.47. The third-order valence-corrected chi connectivity index (χ3v) is 9.41. The number of fused-ring (bicyclic) bond motifs is 2. The number of ether oxygens (including phenoxy) is 2. The molecule has 0 bridgehead atoms. The minimum Gasteiger partial charge on any atom is -0.870 e. The molecule has 244 valence electrons. The number of aromatic nitrogens is 2. The molecule has 0 aliphatic carbocycles. The first kappa shape index (κ1) is 38.4. The molecule has 4 heterocycles. The number of nitrogens with zero attached hydrogens (tertiary/aromatic N) is 2. The molecule has 6 rings (SSSR count). The van der Waals surface area contributed by atoms with Gasteiger partial charge in [-0.25, -0.2) is 4.79 Å². The number of rotatable bonds is 10. The Kier molecular flexibility index (Phi) is 13.9. The number of thiophene rings is 2. The number of aryl methyl sites for hydroxylation is 4. The predicted molar refractivity (Wildman–Crippen MR) is 184 cm³/mol. The molecular weight excluding hydrogens is 664 g/mol. The van der Waals surface area contributed by atoms with Gasteiger partial charge in [-0.15, -0.1) is 22.7 Å². The molecule has 0 fully saturated rings. The van der Waals surface area contributed by atoms with E-state index in [1.54, 1.807) is 20.6 Å². The third kappa shape index (κ3) is 7.97. The van der Waals surface area contributed by atoms with Crippen LogP contribution in [0.15, 0.2) is 93.1 Å². The molecule has 0 amide bonds. The zero-order chi connectivity index (χ0) is 32.8. The summed E-state index contributed by atoms with van der Waals surface area (Å²) >= 11 is 2.75. The van der Waals surface area contributed by atoms with Crippen molar-refractivity contribution in [3.05, 3.63) is 127 Å². The molecule has 0 radical (unpaired) electrons. The van der Waals surface area contributed by atoms with Gasteiger partial charge in [-0.05, 0) is 53.8 Å². The maximum atomic E-state index is 12.7. The second-order valence-corrected chi connectivity index (χ2v) is 12.2. The van der Waals surface area contributed by atoms with Crippen LogP contribution in [0.3, 0.4) is 0 Å². The Hall–Kier alpha value is -4.04. The molecule has 6 aromatic rings. The van der Waals surface area contributed by atoms with Gasteiger partial charge in [-0.2, -0.15) is 0 Å². The van der Waals surface area contributed by atoms with Crippen LogP contribution in [0, 0.1) is 0 Å². The summed E-state index contributed by atoms with van der Waals surface area (Å²) in [4.78, 5) is 48.9. The first-order valence-corrected chi connectivity index (χ1v) is 16.2. The first-order chi connectivity index (χ1) is 22.3. The summed E-state index contributed by atoms with van der Waals surface area (Å²) in [7, 11) is 2.76. The van der Waals surface area contributed by atoms with E-state index in [-0.39, 0.29) is 63.4 Å². The van der Waals surface area contributed by atoms with E-state index in [0.717, 1.165) is 27.8 Å². The van der Waals surface area contributed by atoms with Crippen LogP contribution in [0.5, 0.6) is 11.5 Å². The van der Waals surface area contributed by atoms with Crippen LogP contribution < -0.4 is 50.1 Å². The second kappa shape index (κ2) is 17.4. The van der Waals surface area contributed by atoms with E-state index in [0.29, 0.717) is 35.3 Å². The molecule has 0 spiro atoms. The van der Waals surface area contributed by atoms with Gasteiger partial charge in [0, 0.05) is 13.1 Å². The number of methoxy groups -OCH3 is 2. The number of pyridine rings is 2. The number of carbonyl (C=O) groups excluding carboxylic acids is 1. The number of carbonyl (C=O) groups is 2. The van der Waals surface area contributed by atoms with Crippen molar-refractivity contribution < 1.29 is 59.2 Å². The van der Waals surface area contributed by atoms with Crippen LogP contribution in [0.4, 0.5) is 0 Å². The van der Waals surface area contributed by atoms with Gasteiger partial charge in [-0.3, -0.25) is 14.4 Å². The molecule has 0 aliphatic heterocycles. The maximum absolute atomic E-state index is 12.7. The fraction of sp³-hybridized carbons (Fsp3) is 0.200. The maximum Gasteiger partial charge on any atom is 1.00 e. The van der Waals surface area contributed by atoms with Crippen LogP contribution >= 0.6 is 22.7 Å². The molecule has 0 aliphatic rings. The zero-order valence-corrected chi connectivity index (χ0v) is 30.6. The van der Waals surface area contributed by atoms with Gasteiger partial charge >= 0.3 is 35.5 Å². The average molecular weight is 697 g/mol. The number of ketones is 1. The zero-order valence-electron chi connectivity index (χ0n) is 27.0. The minimum absolute atomic E-state index is 0. The van der Waals surface area contributed by atoms with Gasteiger partial charge in [0.1, 0.15) is 5.56 Å². The molecule has 4 aromatic heterocycles. The molecule has 0 saturated heterocycles. The molecule has 0 saturated carbocycles. The Balaban J connectivity index is 0.000000250. The van der Waals surface area contributed by atoms with Gasteiger partial charge in [0.05, 0.1) is 40.2 Å². The van der Waals surface area contributed by atoms with Gasteiger partial charge in [0.2, 0.25) is 0 Å². The van der Waals surface area contributed by atoms with Crippen molar-refractivity contribution >= 4 is 54.9 Å². The van der Waals surface area contributed by atoms with E-state index >= 15 is 0 Å². The Labute approximate surface area is 306 Å². The van der Waals surface area contributed by atoms with E-state index in [4.69, 9.17) is 9.47 Å². The topological polar surface area (TPSA) is 147 Å². The van der Waals surface area contributed by atoms with Gasteiger partial charge < -0.3 is 29.2 Å². The molecule has 2 N–H and O–H groups in total. The second-order valence-electron chi connectivity index (χ2n) is 10.3. The van der Waals surface area contributed by atoms with Crippen molar-refractivity contribution in [3.63, 3.8) is 0 Å². The Morgan fingerprint density at radius 2 is 1.08 bits per heavy atom. The number of hydrogen-bond donors (Lipinski definition) is 1. The van der Waals surface area contributed by atoms with E-state index in [1.807, 2.05) is 72.1 Å². The van der Waals surface area contributed by atoms with Crippen molar-refractivity contribution in [1.29, 1.82) is 0 Å². The standard InChI is InChI=1S/C18H17NO3S.C17H15NO4S.Na.H2O/c1-12(20)15-16(22-2)18(21)19(14-9-11-23-17(14)15)10-8-13-6-4-3-5-7-13;1-22-14-13(17(20)21)15-12(8-10-23-15)18(16(14)19)9-7-11-5-3-2-4-6-11;;/h3-7,9,11H,8,10H2,1-2H3;2-6,8,10H,7,9H2,1H3,(H,20,21);;1H2/q;;+1;/p-1. The number of benzene rings is 2. The fourth-order valence-electron chi connectivity index (χ4n) is 5.40. The molecule has 48 heavy (non-hydrogen) atoms. The van der Waals surface area contributed by atoms with E-state index in [9.17, 15) is 24.3 Å². The quantitative estimate of drug-likeness (QED) is 0.170. The smallest absolute Gasteiger partial charge is 0.870 e. The van der Waals surface area contributed by atoms with E-state index in [1.165, 1.54) is 43.8 Å². The minimum atomic E-state index is -1.15. The number of hydrogen-bond acceptors (Lipinski definition) is 9. The van der Waals surface area contributed by atoms with E-state index in [2.05, 4.69) is 0 Å². The SMILES string of the molecule is COc1c(C(=O)O)c2sccc2n(CCc2ccccc2)c1=O.COc1c(C(C)=O)c2sccc2n(CCc2ccccc2)c1=O.[Na+].[OH-]. The normalized spacial score (nSPS) is 10.4. The Morgan fingerprint density at radius 1 is 0.688 bits per heavy atom. The van der Waals surface area contributed by atoms with Gasteiger partial charge in [-0.1, -0.05) is 60.7 Å². The van der Waals surface area contributed by atoms with Gasteiger partial charge in [0.25, 0.3) is 11.1 Å². The number of aromatic carboxylic acids is 1. The van der Waals surface area contributed by atoms with Crippen LogP contribution in [-0.4, -0.2) is 45.7 Å². The summed E-state index contributed by atoms with van der Waals surface area (Å²) in [6.07, 6.45) is 1.43.